The zero-order valence-corrected chi connectivity index (χ0v) is 14.1. The molecule has 1 saturated heterocycles. The van der Waals surface area contributed by atoms with Gasteiger partial charge in [-0.2, -0.15) is 0 Å². The fourth-order valence-electron chi connectivity index (χ4n) is 2.53. The molecule has 3 heterocycles. The first kappa shape index (κ1) is 15.9. The Morgan fingerprint density at radius 1 is 1.30 bits per heavy atom. The Balaban J connectivity index is 1.41. The van der Waals surface area contributed by atoms with Crippen LogP contribution in [0.25, 0.3) is 0 Å². The van der Waals surface area contributed by atoms with Crippen LogP contribution in [0.5, 0.6) is 0 Å². The fraction of sp³-hybridized carbons (Fsp3) is 0.438. The second kappa shape index (κ2) is 7.52. The Morgan fingerprint density at radius 2 is 2.13 bits per heavy atom. The summed E-state index contributed by atoms with van der Waals surface area (Å²) in [7, 11) is 0. The summed E-state index contributed by atoms with van der Waals surface area (Å²) < 4.78 is 0. The summed E-state index contributed by atoms with van der Waals surface area (Å²) in [6, 6.07) is 5.71. The van der Waals surface area contributed by atoms with Crippen LogP contribution in [-0.4, -0.2) is 53.5 Å². The standard InChI is InChI=1S/C16H21N5OS/c1-13-12-23-16(19-13)21-8-6-20(7-9-21)11-15(22)18-10-14-4-2-3-5-17-14/h2-5,12H,6-11H2,1H3,(H,18,22). The number of anilines is 1. The lowest BCUT2D eigenvalue weighted by molar-refractivity contribution is -0.122. The number of nitrogens with one attached hydrogen (secondary N) is 1. The molecule has 0 radical (unpaired) electrons. The van der Waals surface area contributed by atoms with Crippen LogP contribution >= 0.6 is 11.3 Å². The number of piperazine rings is 1. The lowest BCUT2D eigenvalue weighted by atomic mass is 10.3. The Bertz CT molecular complexity index is 637. The van der Waals surface area contributed by atoms with E-state index in [1.807, 2.05) is 25.1 Å². The summed E-state index contributed by atoms with van der Waals surface area (Å²) in [4.78, 5) is 25.2. The average Bonchev–Trinajstić information content (AvgIpc) is 3.01. The van der Waals surface area contributed by atoms with Crippen LogP contribution in [0, 0.1) is 6.92 Å². The molecule has 1 N–H and O–H groups in total. The molecule has 0 saturated carbocycles. The highest BCUT2D eigenvalue weighted by atomic mass is 32.1. The van der Waals surface area contributed by atoms with E-state index in [1.54, 1.807) is 17.5 Å². The van der Waals surface area contributed by atoms with Crippen molar-refractivity contribution in [2.45, 2.75) is 13.5 Å². The maximum Gasteiger partial charge on any atom is 0.234 e. The number of pyridine rings is 1. The molecule has 2 aromatic rings. The highest BCUT2D eigenvalue weighted by Crippen LogP contribution is 2.21. The normalized spacial score (nSPS) is 15.6. The number of hydrogen-bond acceptors (Lipinski definition) is 6. The lowest BCUT2D eigenvalue weighted by Gasteiger charge is -2.34. The van der Waals surface area contributed by atoms with Crippen LogP contribution in [0.3, 0.4) is 0 Å². The van der Waals surface area contributed by atoms with Gasteiger partial charge in [0.05, 0.1) is 24.5 Å². The van der Waals surface area contributed by atoms with Crippen molar-refractivity contribution in [2.24, 2.45) is 0 Å². The van der Waals surface area contributed by atoms with E-state index in [0.29, 0.717) is 13.1 Å². The van der Waals surface area contributed by atoms with Gasteiger partial charge in [0.15, 0.2) is 5.13 Å². The molecule has 1 aliphatic rings. The smallest absolute Gasteiger partial charge is 0.234 e. The summed E-state index contributed by atoms with van der Waals surface area (Å²) in [5.41, 5.74) is 1.95. The second-order valence-electron chi connectivity index (χ2n) is 5.63. The van der Waals surface area contributed by atoms with Crippen LogP contribution < -0.4 is 10.2 Å². The van der Waals surface area contributed by atoms with Crippen molar-refractivity contribution >= 4 is 22.4 Å². The number of hydrogen-bond donors (Lipinski definition) is 1. The number of rotatable bonds is 5. The van der Waals surface area contributed by atoms with E-state index in [4.69, 9.17) is 0 Å². The van der Waals surface area contributed by atoms with Gasteiger partial charge in [-0.1, -0.05) is 6.07 Å². The van der Waals surface area contributed by atoms with Crippen molar-refractivity contribution in [2.75, 3.05) is 37.6 Å². The first-order chi connectivity index (χ1) is 11.2. The Hall–Kier alpha value is -1.99. The lowest BCUT2D eigenvalue weighted by Crippen LogP contribution is -2.49. The molecule has 0 bridgehead atoms. The zero-order chi connectivity index (χ0) is 16.1. The molecule has 1 fully saturated rings. The van der Waals surface area contributed by atoms with Crippen LogP contribution in [0.15, 0.2) is 29.8 Å². The minimum Gasteiger partial charge on any atom is -0.349 e. The summed E-state index contributed by atoms with van der Waals surface area (Å²) >= 11 is 1.69. The summed E-state index contributed by atoms with van der Waals surface area (Å²) in [6.45, 7) is 6.55. The van der Waals surface area contributed by atoms with Gasteiger partial charge in [0.1, 0.15) is 0 Å². The van der Waals surface area contributed by atoms with E-state index in [9.17, 15) is 4.79 Å². The molecule has 3 rings (SSSR count). The van der Waals surface area contributed by atoms with E-state index in [-0.39, 0.29) is 5.91 Å². The van der Waals surface area contributed by atoms with Crippen molar-refractivity contribution in [3.8, 4) is 0 Å². The number of aromatic nitrogens is 2. The number of carbonyl (C=O) groups is 1. The molecule has 0 spiro atoms. The first-order valence-electron chi connectivity index (χ1n) is 7.77. The van der Waals surface area contributed by atoms with E-state index >= 15 is 0 Å². The summed E-state index contributed by atoms with van der Waals surface area (Å²) in [5.74, 6) is 0.0502. The third-order valence-electron chi connectivity index (χ3n) is 3.81. The molecule has 23 heavy (non-hydrogen) atoms. The molecule has 1 aliphatic heterocycles. The summed E-state index contributed by atoms with van der Waals surface area (Å²) in [6.07, 6.45) is 1.74. The predicted molar refractivity (Wildman–Crippen MR) is 91.6 cm³/mol. The van der Waals surface area contributed by atoms with E-state index in [2.05, 4.69) is 30.5 Å². The number of aryl methyl sites for hydroxylation is 1. The van der Waals surface area contributed by atoms with Gasteiger partial charge in [-0.3, -0.25) is 14.7 Å². The van der Waals surface area contributed by atoms with Crippen molar-refractivity contribution in [3.05, 3.63) is 41.2 Å². The molecule has 2 aromatic heterocycles. The fourth-order valence-corrected chi connectivity index (χ4v) is 3.39. The van der Waals surface area contributed by atoms with Gasteiger partial charge >= 0.3 is 0 Å². The molecular weight excluding hydrogens is 310 g/mol. The maximum atomic E-state index is 12.0. The number of thiazole rings is 1. The van der Waals surface area contributed by atoms with Gasteiger partial charge in [0.25, 0.3) is 0 Å². The predicted octanol–water partition coefficient (Wildman–Crippen LogP) is 1.28. The van der Waals surface area contributed by atoms with Crippen LogP contribution in [0.2, 0.25) is 0 Å². The Labute approximate surface area is 140 Å². The number of amides is 1. The molecular formula is C16H21N5OS. The molecule has 0 aliphatic carbocycles. The van der Waals surface area contributed by atoms with Crippen molar-refractivity contribution in [3.63, 3.8) is 0 Å². The molecule has 0 atom stereocenters. The van der Waals surface area contributed by atoms with Crippen molar-refractivity contribution in [1.82, 2.24) is 20.2 Å². The van der Waals surface area contributed by atoms with Gasteiger partial charge in [-0.25, -0.2) is 4.98 Å². The second-order valence-corrected chi connectivity index (χ2v) is 6.47. The average molecular weight is 331 g/mol. The van der Waals surface area contributed by atoms with E-state index < -0.39 is 0 Å². The molecule has 1 amide bonds. The van der Waals surface area contributed by atoms with Gasteiger partial charge in [0.2, 0.25) is 5.91 Å². The first-order valence-corrected chi connectivity index (χ1v) is 8.65. The number of carbonyl (C=O) groups excluding carboxylic acids is 1. The molecule has 122 valence electrons. The third kappa shape index (κ3) is 4.49. The highest BCUT2D eigenvalue weighted by molar-refractivity contribution is 7.13. The quantitative estimate of drug-likeness (QED) is 0.894. The number of nitrogens with zero attached hydrogens (tertiary/aromatic N) is 4. The minimum atomic E-state index is 0.0502. The Morgan fingerprint density at radius 3 is 2.78 bits per heavy atom. The van der Waals surface area contributed by atoms with Gasteiger partial charge in [-0.05, 0) is 19.1 Å². The highest BCUT2D eigenvalue weighted by Gasteiger charge is 2.20. The molecule has 0 aromatic carbocycles. The van der Waals surface area contributed by atoms with Gasteiger partial charge < -0.3 is 10.2 Å². The minimum absolute atomic E-state index is 0.0502. The van der Waals surface area contributed by atoms with Crippen molar-refractivity contribution in [1.29, 1.82) is 0 Å². The topological polar surface area (TPSA) is 61.4 Å². The largest absolute Gasteiger partial charge is 0.349 e. The zero-order valence-electron chi connectivity index (χ0n) is 13.2. The molecule has 6 nitrogen and oxygen atoms in total. The summed E-state index contributed by atoms with van der Waals surface area (Å²) in [5, 5.41) is 6.09. The monoisotopic (exact) mass is 331 g/mol. The van der Waals surface area contributed by atoms with Gasteiger partial charge in [-0.15, -0.1) is 11.3 Å². The van der Waals surface area contributed by atoms with Crippen LogP contribution in [0.1, 0.15) is 11.4 Å². The van der Waals surface area contributed by atoms with Crippen molar-refractivity contribution < 1.29 is 4.79 Å². The van der Waals surface area contributed by atoms with Gasteiger partial charge in [0, 0.05) is 37.8 Å². The van der Waals surface area contributed by atoms with Crippen LogP contribution in [0.4, 0.5) is 5.13 Å². The maximum absolute atomic E-state index is 12.0. The Kier molecular flexibility index (Phi) is 5.19. The van der Waals surface area contributed by atoms with E-state index in [0.717, 1.165) is 42.7 Å². The molecule has 7 heteroatoms. The molecule has 0 unspecified atom stereocenters. The third-order valence-corrected chi connectivity index (χ3v) is 4.83. The van der Waals surface area contributed by atoms with Crippen LogP contribution in [-0.2, 0) is 11.3 Å². The SMILES string of the molecule is Cc1csc(N2CCN(CC(=O)NCc3ccccn3)CC2)n1. The van der Waals surface area contributed by atoms with E-state index in [1.165, 1.54) is 0 Å².